The monoisotopic (exact) mass is 252 g/mol. The van der Waals surface area contributed by atoms with E-state index in [1.807, 2.05) is 19.1 Å². The van der Waals surface area contributed by atoms with Gasteiger partial charge < -0.3 is 15.5 Å². The van der Waals surface area contributed by atoms with Gasteiger partial charge in [0.1, 0.15) is 0 Å². The van der Waals surface area contributed by atoms with Crippen LogP contribution in [0, 0.1) is 6.92 Å². The van der Waals surface area contributed by atoms with E-state index < -0.39 is 0 Å². The van der Waals surface area contributed by atoms with Gasteiger partial charge in [-0.15, -0.1) is 0 Å². The van der Waals surface area contributed by atoms with Crippen LogP contribution in [0.4, 0.5) is 0 Å². The van der Waals surface area contributed by atoms with Crippen molar-refractivity contribution >= 4 is 28.5 Å². The number of hydrogen-bond acceptors (Lipinski definition) is 3. The van der Waals surface area contributed by atoms with Gasteiger partial charge in [-0.3, -0.25) is 4.79 Å². The first-order chi connectivity index (χ1) is 8.15. The van der Waals surface area contributed by atoms with Crippen LogP contribution in [0.25, 0.3) is 11.0 Å². The average Bonchev–Trinajstić information content (AvgIpc) is 2.66. The zero-order valence-electron chi connectivity index (χ0n) is 9.42. The van der Waals surface area contributed by atoms with Crippen molar-refractivity contribution in [3.05, 3.63) is 34.5 Å². The first-order valence-corrected chi connectivity index (χ1v) is 5.69. The molecule has 0 aliphatic rings. The van der Waals surface area contributed by atoms with Gasteiger partial charge in [-0.2, -0.15) is 0 Å². The van der Waals surface area contributed by atoms with E-state index in [1.165, 1.54) is 0 Å². The van der Waals surface area contributed by atoms with Crippen molar-refractivity contribution < 1.29 is 9.21 Å². The molecule has 90 valence electrons. The van der Waals surface area contributed by atoms with E-state index in [-0.39, 0.29) is 5.91 Å². The predicted molar refractivity (Wildman–Crippen MR) is 67.3 cm³/mol. The molecule has 3 N–H and O–H groups in total. The number of benzene rings is 1. The molecular weight excluding hydrogens is 240 g/mol. The largest absolute Gasteiger partial charge is 0.449 e. The number of amides is 1. The van der Waals surface area contributed by atoms with E-state index in [0.29, 0.717) is 29.5 Å². The van der Waals surface area contributed by atoms with Crippen molar-refractivity contribution in [2.45, 2.75) is 6.92 Å². The molecule has 1 aromatic heterocycles. The number of carbonyl (C=O) groups excluding carboxylic acids is 1. The Labute approximate surface area is 104 Å². The van der Waals surface area contributed by atoms with Crippen LogP contribution in [0.15, 0.2) is 22.6 Å². The molecule has 5 heteroatoms. The summed E-state index contributed by atoms with van der Waals surface area (Å²) >= 11 is 6.01. The van der Waals surface area contributed by atoms with Crippen LogP contribution in [0.1, 0.15) is 16.1 Å². The lowest BCUT2D eigenvalue weighted by atomic mass is 10.1. The predicted octanol–water partition coefficient (Wildman–Crippen LogP) is 2.08. The standard InChI is InChI=1S/C12H13ClN2O2/c1-7-8-3-2-4-9(13)11(8)17-10(7)12(16)15-6-5-14/h2-4H,5-6,14H2,1H3,(H,15,16). The van der Waals surface area contributed by atoms with Crippen molar-refractivity contribution in [2.75, 3.05) is 13.1 Å². The molecule has 2 rings (SSSR count). The summed E-state index contributed by atoms with van der Waals surface area (Å²) in [4.78, 5) is 11.8. The van der Waals surface area contributed by atoms with Crippen molar-refractivity contribution in [3.8, 4) is 0 Å². The normalized spacial score (nSPS) is 10.8. The Bertz CT molecular complexity index is 563. The topological polar surface area (TPSA) is 68.3 Å². The van der Waals surface area contributed by atoms with E-state index in [9.17, 15) is 4.79 Å². The molecule has 0 saturated heterocycles. The van der Waals surface area contributed by atoms with E-state index >= 15 is 0 Å². The van der Waals surface area contributed by atoms with Crippen LogP contribution in [-0.4, -0.2) is 19.0 Å². The number of furan rings is 1. The summed E-state index contributed by atoms with van der Waals surface area (Å²) < 4.78 is 5.50. The van der Waals surface area contributed by atoms with Gasteiger partial charge in [-0.1, -0.05) is 23.7 Å². The first kappa shape index (κ1) is 12.0. The van der Waals surface area contributed by atoms with E-state index in [1.54, 1.807) is 6.07 Å². The van der Waals surface area contributed by atoms with Crippen LogP contribution in [-0.2, 0) is 0 Å². The fraction of sp³-hybridized carbons (Fsp3) is 0.250. The third-order valence-electron chi connectivity index (χ3n) is 2.55. The SMILES string of the molecule is Cc1c(C(=O)NCCN)oc2c(Cl)cccc12. The molecule has 0 atom stereocenters. The zero-order chi connectivity index (χ0) is 12.4. The fourth-order valence-corrected chi connectivity index (χ4v) is 1.90. The molecular formula is C12H13ClN2O2. The number of para-hydroxylation sites is 1. The highest BCUT2D eigenvalue weighted by Gasteiger charge is 2.18. The third-order valence-corrected chi connectivity index (χ3v) is 2.85. The lowest BCUT2D eigenvalue weighted by molar-refractivity contribution is 0.0928. The number of halogens is 1. The van der Waals surface area contributed by atoms with Crippen LogP contribution in [0.3, 0.4) is 0 Å². The molecule has 0 fully saturated rings. The number of nitrogens with one attached hydrogen (secondary N) is 1. The summed E-state index contributed by atoms with van der Waals surface area (Å²) in [6.07, 6.45) is 0. The number of nitrogens with two attached hydrogens (primary N) is 1. The molecule has 0 spiro atoms. The van der Waals surface area contributed by atoms with Crippen molar-refractivity contribution in [1.82, 2.24) is 5.32 Å². The van der Waals surface area contributed by atoms with Crippen molar-refractivity contribution in [2.24, 2.45) is 5.73 Å². The fourth-order valence-electron chi connectivity index (χ4n) is 1.69. The smallest absolute Gasteiger partial charge is 0.287 e. The molecule has 1 aromatic carbocycles. The van der Waals surface area contributed by atoms with Gasteiger partial charge in [0.2, 0.25) is 0 Å². The van der Waals surface area contributed by atoms with E-state index in [0.717, 1.165) is 10.9 Å². The maximum absolute atomic E-state index is 11.8. The highest BCUT2D eigenvalue weighted by molar-refractivity contribution is 6.35. The summed E-state index contributed by atoms with van der Waals surface area (Å²) in [6, 6.07) is 5.43. The summed E-state index contributed by atoms with van der Waals surface area (Å²) in [5.74, 6) is 0.0294. The number of fused-ring (bicyclic) bond motifs is 1. The Hall–Kier alpha value is -1.52. The van der Waals surface area contributed by atoms with Crippen LogP contribution in [0.5, 0.6) is 0 Å². The Morgan fingerprint density at radius 2 is 2.29 bits per heavy atom. The Balaban J connectivity index is 2.45. The highest BCUT2D eigenvalue weighted by atomic mass is 35.5. The number of hydrogen-bond donors (Lipinski definition) is 2. The lowest BCUT2D eigenvalue weighted by Gasteiger charge is -2.00. The second-order valence-electron chi connectivity index (χ2n) is 3.72. The quantitative estimate of drug-likeness (QED) is 0.879. The van der Waals surface area contributed by atoms with Crippen molar-refractivity contribution in [1.29, 1.82) is 0 Å². The van der Waals surface area contributed by atoms with Gasteiger partial charge in [-0.25, -0.2) is 0 Å². The molecule has 0 aliphatic heterocycles. The molecule has 17 heavy (non-hydrogen) atoms. The first-order valence-electron chi connectivity index (χ1n) is 5.31. The molecule has 0 unspecified atom stereocenters. The molecule has 2 aromatic rings. The molecule has 0 aliphatic carbocycles. The van der Waals surface area contributed by atoms with Crippen LogP contribution in [0.2, 0.25) is 5.02 Å². The number of carbonyl (C=O) groups is 1. The van der Waals surface area contributed by atoms with Gasteiger partial charge in [-0.05, 0) is 13.0 Å². The van der Waals surface area contributed by atoms with E-state index in [2.05, 4.69) is 5.32 Å². The minimum Gasteiger partial charge on any atom is -0.449 e. The molecule has 0 bridgehead atoms. The van der Waals surface area contributed by atoms with Crippen molar-refractivity contribution in [3.63, 3.8) is 0 Å². The van der Waals surface area contributed by atoms with E-state index in [4.69, 9.17) is 21.8 Å². The second-order valence-corrected chi connectivity index (χ2v) is 4.12. The summed E-state index contributed by atoms with van der Waals surface area (Å²) in [7, 11) is 0. The molecule has 4 nitrogen and oxygen atoms in total. The third kappa shape index (κ3) is 2.14. The number of rotatable bonds is 3. The second kappa shape index (κ2) is 4.77. The number of aryl methyl sites for hydroxylation is 1. The maximum Gasteiger partial charge on any atom is 0.287 e. The Morgan fingerprint density at radius 3 is 2.94 bits per heavy atom. The minimum absolute atomic E-state index is 0.264. The molecule has 1 heterocycles. The molecule has 1 amide bonds. The summed E-state index contributed by atoms with van der Waals surface area (Å²) in [5.41, 5.74) is 6.66. The molecule has 0 radical (unpaired) electrons. The summed E-state index contributed by atoms with van der Waals surface area (Å²) in [6.45, 7) is 2.65. The van der Waals surface area contributed by atoms with Gasteiger partial charge >= 0.3 is 0 Å². The minimum atomic E-state index is -0.264. The molecule has 0 saturated carbocycles. The van der Waals surface area contributed by atoms with Gasteiger partial charge in [0.15, 0.2) is 11.3 Å². The van der Waals surface area contributed by atoms with Crippen LogP contribution >= 0.6 is 11.6 Å². The highest BCUT2D eigenvalue weighted by Crippen LogP contribution is 2.30. The zero-order valence-corrected chi connectivity index (χ0v) is 10.2. The Kier molecular flexibility index (Phi) is 3.36. The van der Waals surface area contributed by atoms with Gasteiger partial charge in [0.25, 0.3) is 5.91 Å². The summed E-state index contributed by atoms with van der Waals surface area (Å²) in [5, 5.41) is 4.03. The maximum atomic E-state index is 11.8. The van der Waals surface area contributed by atoms with Gasteiger partial charge in [0, 0.05) is 24.0 Å². The van der Waals surface area contributed by atoms with Crippen LogP contribution < -0.4 is 11.1 Å². The lowest BCUT2D eigenvalue weighted by Crippen LogP contribution is -2.29. The van der Waals surface area contributed by atoms with Gasteiger partial charge in [0.05, 0.1) is 5.02 Å². The average molecular weight is 253 g/mol. The Morgan fingerprint density at radius 1 is 1.53 bits per heavy atom.